The molecule has 0 radical (unpaired) electrons. The lowest BCUT2D eigenvalue weighted by molar-refractivity contribution is -0.151. The molecule has 3 aromatic rings. The van der Waals surface area contributed by atoms with E-state index in [1.807, 2.05) is 54.8 Å². The van der Waals surface area contributed by atoms with E-state index >= 15 is 0 Å². The number of nitrogens with zero attached hydrogens (tertiary/aromatic N) is 4. The minimum Gasteiger partial charge on any atom is -0.493 e. The Morgan fingerprint density at radius 1 is 1.06 bits per heavy atom. The van der Waals surface area contributed by atoms with Crippen LogP contribution in [0, 0.1) is 0 Å². The van der Waals surface area contributed by atoms with E-state index in [-0.39, 0.29) is 18.9 Å². The number of benzene rings is 1. The Hall–Kier alpha value is -3.46. The molecular weight excluding hydrogens is 440 g/mol. The number of hydrogen-bond donors (Lipinski definition) is 0. The summed E-state index contributed by atoms with van der Waals surface area (Å²) in [6.07, 6.45) is 1.78. The van der Waals surface area contributed by atoms with Gasteiger partial charge in [-0.05, 0) is 31.2 Å². The van der Waals surface area contributed by atoms with E-state index < -0.39 is 5.97 Å². The van der Waals surface area contributed by atoms with Crippen molar-refractivity contribution in [2.45, 2.75) is 13.3 Å². The Morgan fingerprint density at radius 2 is 1.85 bits per heavy atom. The molecule has 8 nitrogen and oxygen atoms in total. The van der Waals surface area contributed by atoms with Gasteiger partial charge in [0.15, 0.2) is 6.61 Å². The van der Waals surface area contributed by atoms with Crippen LogP contribution in [0.4, 0.5) is 5.82 Å². The van der Waals surface area contributed by atoms with Gasteiger partial charge in [0.25, 0.3) is 5.91 Å². The number of carbonyl (C=O) groups is 2. The number of ether oxygens (including phenoxy) is 2. The van der Waals surface area contributed by atoms with Crippen LogP contribution in [0.3, 0.4) is 0 Å². The lowest BCUT2D eigenvalue weighted by Crippen LogP contribution is -2.50. The highest BCUT2D eigenvalue weighted by atomic mass is 32.1. The second-order valence-electron chi connectivity index (χ2n) is 7.47. The molecule has 0 atom stereocenters. The first-order chi connectivity index (χ1) is 16.1. The summed E-state index contributed by atoms with van der Waals surface area (Å²) in [5.74, 6) is 1.01. The Kier molecular flexibility index (Phi) is 7.51. The second kappa shape index (κ2) is 10.9. The van der Waals surface area contributed by atoms with Gasteiger partial charge in [-0.1, -0.05) is 18.2 Å². The SMILES string of the molecule is CCOc1ccccc1-c1nc(CC(=O)OCC(=O)N2CCN(c3ccccn3)CC2)cs1. The van der Waals surface area contributed by atoms with Crippen LogP contribution in [0.5, 0.6) is 5.75 Å². The Bertz CT molecular complexity index is 1080. The number of anilines is 1. The quantitative estimate of drug-likeness (QED) is 0.472. The van der Waals surface area contributed by atoms with E-state index in [2.05, 4.69) is 14.9 Å². The van der Waals surface area contributed by atoms with Crippen molar-refractivity contribution in [1.82, 2.24) is 14.9 Å². The molecule has 2 aromatic heterocycles. The maximum atomic E-state index is 12.5. The van der Waals surface area contributed by atoms with Gasteiger partial charge >= 0.3 is 5.97 Å². The Morgan fingerprint density at radius 3 is 2.61 bits per heavy atom. The summed E-state index contributed by atoms with van der Waals surface area (Å²) >= 11 is 1.45. The zero-order valence-electron chi connectivity index (χ0n) is 18.5. The van der Waals surface area contributed by atoms with Crippen molar-refractivity contribution in [3.63, 3.8) is 0 Å². The molecule has 4 rings (SSSR count). The fourth-order valence-corrected chi connectivity index (χ4v) is 4.44. The molecule has 0 unspecified atom stereocenters. The largest absolute Gasteiger partial charge is 0.493 e. The van der Waals surface area contributed by atoms with Crippen molar-refractivity contribution in [1.29, 1.82) is 0 Å². The van der Waals surface area contributed by atoms with Crippen molar-refractivity contribution in [3.05, 3.63) is 59.7 Å². The molecule has 172 valence electrons. The van der Waals surface area contributed by atoms with Crippen molar-refractivity contribution < 1.29 is 19.1 Å². The van der Waals surface area contributed by atoms with E-state index in [0.29, 0.717) is 38.5 Å². The van der Waals surface area contributed by atoms with Gasteiger partial charge in [-0.25, -0.2) is 9.97 Å². The summed E-state index contributed by atoms with van der Waals surface area (Å²) in [6.45, 7) is 4.77. The first-order valence-corrected chi connectivity index (χ1v) is 11.8. The van der Waals surface area contributed by atoms with E-state index in [1.54, 1.807) is 11.1 Å². The summed E-state index contributed by atoms with van der Waals surface area (Å²) in [4.78, 5) is 37.5. The molecule has 1 saturated heterocycles. The zero-order chi connectivity index (χ0) is 23.0. The number of para-hydroxylation sites is 1. The third-order valence-electron chi connectivity index (χ3n) is 5.26. The lowest BCUT2D eigenvalue weighted by Gasteiger charge is -2.35. The molecule has 0 spiro atoms. The first-order valence-electron chi connectivity index (χ1n) is 10.9. The molecule has 1 fully saturated rings. The van der Waals surface area contributed by atoms with E-state index in [4.69, 9.17) is 9.47 Å². The number of pyridine rings is 1. The minimum atomic E-state index is -0.467. The molecule has 1 aliphatic rings. The standard InChI is InChI=1S/C24H26N4O4S/c1-2-31-20-8-4-3-7-19(20)24-26-18(17-33-24)15-23(30)32-16-22(29)28-13-11-27(12-14-28)21-9-5-6-10-25-21/h3-10,17H,2,11-16H2,1H3. The summed E-state index contributed by atoms with van der Waals surface area (Å²) < 4.78 is 10.9. The maximum Gasteiger partial charge on any atom is 0.312 e. The molecule has 0 saturated carbocycles. The van der Waals surface area contributed by atoms with Crippen molar-refractivity contribution >= 4 is 29.0 Å². The molecule has 1 amide bonds. The zero-order valence-corrected chi connectivity index (χ0v) is 19.3. The number of esters is 1. The van der Waals surface area contributed by atoms with Crippen molar-refractivity contribution in [2.75, 3.05) is 44.3 Å². The number of thiazole rings is 1. The lowest BCUT2D eigenvalue weighted by atomic mass is 10.2. The molecule has 9 heteroatoms. The van der Waals surface area contributed by atoms with Gasteiger partial charge in [-0.2, -0.15) is 0 Å². The summed E-state index contributed by atoms with van der Waals surface area (Å²) in [5.41, 5.74) is 1.51. The molecule has 0 bridgehead atoms. The normalized spacial score (nSPS) is 13.6. The number of piperazine rings is 1. The van der Waals surface area contributed by atoms with Crippen LogP contribution in [0.15, 0.2) is 54.0 Å². The third kappa shape index (κ3) is 5.87. The van der Waals surface area contributed by atoms with Crippen LogP contribution in [-0.4, -0.2) is 66.1 Å². The van der Waals surface area contributed by atoms with Crippen molar-refractivity contribution in [3.8, 4) is 16.3 Å². The van der Waals surface area contributed by atoms with Gasteiger partial charge in [0.1, 0.15) is 16.6 Å². The second-order valence-corrected chi connectivity index (χ2v) is 8.32. The number of hydrogen-bond acceptors (Lipinski definition) is 8. The van der Waals surface area contributed by atoms with Crippen LogP contribution in [0.2, 0.25) is 0 Å². The average molecular weight is 467 g/mol. The van der Waals surface area contributed by atoms with Crippen LogP contribution < -0.4 is 9.64 Å². The van der Waals surface area contributed by atoms with E-state index in [9.17, 15) is 9.59 Å². The van der Waals surface area contributed by atoms with Crippen LogP contribution in [0.1, 0.15) is 12.6 Å². The van der Waals surface area contributed by atoms with E-state index in [1.165, 1.54) is 11.3 Å². The topological polar surface area (TPSA) is 84.9 Å². The smallest absolute Gasteiger partial charge is 0.312 e. The number of rotatable bonds is 8. The third-order valence-corrected chi connectivity index (χ3v) is 6.18. The highest BCUT2D eigenvalue weighted by molar-refractivity contribution is 7.13. The predicted molar refractivity (Wildman–Crippen MR) is 126 cm³/mol. The minimum absolute atomic E-state index is 0.0219. The molecule has 0 N–H and O–H groups in total. The van der Waals surface area contributed by atoms with Crippen LogP contribution in [0.25, 0.3) is 10.6 Å². The van der Waals surface area contributed by atoms with Gasteiger partial charge in [0.05, 0.1) is 24.3 Å². The number of carbonyl (C=O) groups excluding carboxylic acids is 2. The molecule has 1 aliphatic heterocycles. The number of aromatic nitrogens is 2. The number of amides is 1. The molecule has 33 heavy (non-hydrogen) atoms. The highest BCUT2D eigenvalue weighted by Gasteiger charge is 2.23. The van der Waals surface area contributed by atoms with Gasteiger partial charge in [0.2, 0.25) is 0 Å². The maximum absolute atomic E-state index is 12.5. The molecule has 1 aromatic carbocycles. The van der Waals surface area contributed by atoms with Gasteiger partial charge in [0, 0.05) is 37.8 Å². The molecule has 3 heterocycles. The van der Waals surface area contributed by atoms with E-state index in [0.717, 1.165) is 22.1 Å². The Labute approximate surface area is 196 Å². The van der Waals surface area contributed by atoms with Crippen LogP contribution >= 0.6 is 11.3 Å². The van der Waals surface area contributed by atoms with Gasteiger partial charge in [-0.15, -0.1) is 11.3 Å². The molecular formula is C24H26N4O4S. The fraction of sp³-hybridized carbons (Fsp3) is 0.333. The van der Waals surface area contributed by atoms with Crippen molar-refractivity contribution in [2.24, 2.45) is 0 Å². The predicted octanol–water partition coefficient (Wildman–Crippen LogP) is 3.04. The average Bonchev–Trinajstić information content (AvgIpc) is 3.32. The molecule has 0 aliphatic carbocycles. The Balaban J connectivity index is 1.24. The van der Waals surface area contributed by atoms with Gasteiger partial charge in [-0.3, -0.25) is 9.59 Å². The summed E-state index contributed by atoms with van der Waals surface area (Å²) in [7, 11) is 0. The monoisotopic (exact) mass is 466 g/mol. The van der Waals surface area contributed by atoms with Gasteiger partial charge < -0.3 is 19.3 Å². The first kappa shape index (κ1) is 22.7. The summed E-state index contributed by atoms with van der Waals surface area (Å²) in [5, 5.41) is 2.61. The van der Waals surface area contributed by atoms with Crippen LogP contribution in [-0.2, 0) is 20.7 Å². The fourth-order valence-electron chi connectivity index (χ4n) is 3.59. The highest BCUT2D eigenvalue weighted by Crippen LogP contribution is 2.32. The summed E-state index contributed by atoms with van der Waals surface area (Å²) in [6, 6.07) is 13.5.